The SMILES string of the molecule is C[Si](C)(C)CCOCOc1cc(COC2CCCCO2)cc2c1nc(-c1cccc3c(=O)n(CCC#N)sc13)c(=O)n2COCC[Si](C)(C)C. The summed E-state index contributed by atoms with van der Waals surface area (Å²) < 4.78 is 34.2. The van der Waals surface area contributed by atoms with Crippen molar-refractivity contribution in [3.8, 4) is 23.1 Å². The Kier molecular flexibility index (Phi) is 12.9. The maximum atomic E-state index is 14.5. The van der Waals surface area contributed by atoms with Crippen molar-refractivity contribution < 1.29 is 23.7 Å². The van der Waals surface area contributed by atoms with E-state index in [4.69, 9.17) is 33.9 Å². The molecule has 2 aromatic heterocycles. The lowest BCUT2D eigenvalue weighted by Gasteiger charge is -2.23. The van der Waals surface area contributed by atoms with Crippen LogP contribution >= 0.6 is 11.5 Å². The maximum Gasteiger partial charge on any atom is 0.279 e. The molecule has 1 aliphatic rings. The van der Waals surface area contributed by atoms with Gasteiger partial charge in [0.05, 0.1) is 34.7 Å². The number of rotatable bonds is 17. The molecule has 1 saturated heterocycles. The molecule has 0 amide bonds. The Balaban J connectivity index is 1.61. The zero-order chi connectivity index (χ0) is 35.9. The molecule has 5 rings (SSSR count). The van der Waals surface area contributed by atoms with E-state index in [0.717, 1.165) is 36.9 Å². The van der Waals surface area contributed by atoms with Gasteiger partial charge in [-0.2, -0.15) is 5.26 Å². The summed E-state index contributed by atoms with van der Waals surface area (Å²) in [6, 6.07) is 13.2. The van der Waals surface area contributed by atoms with Gasteiger partial charge in [-0.3, -0.25) is 18.1 Å². The van der Waals surface area contributed by atoms with Gasteiger partial charge in [-0.1, -0.05) is 62.9 Å². The molecular formula is C36H50N4O7SSi2. The van der Waals surface area contributed by atoms with Gasteiger partial charge in [0.15, 0.2) is 18.8 Å². The lowest BCUT2D eigenvalue weighted by atomic mass is 10.1. The molecule has 4 aromatic rings. The Morgan fingerprint density at radius 1 is 1.02 bits per heavy atom. The zero-order valence-corrected chi connectivity index (χ0v) is 33.0. The first kappa shape index (κ1) is 38.1. The molecule has 270 valence electrons. The number of hydrogen-bond acceptors (Lipinski definition) is 10. The van der Waals surface area contributed by atoms with Crippen LogP contribution in [0.2, 0.25) is 51.4 Å². The largest absolute Gasteiger partial charge is 0.465 e. The lowest BCUT2D eigenvalue weighted by Crippen LogP contribution is -2.27. The summed E-state index contributed by atoms with van der Waals surface area (Å²) in [6.07, 6.45) is 2.83. The number of nitrogens with zero attached hydrogens (tertiary/aromatic N) is 4. The van der Waals surface area contributed by atoms with Gasteiger partial charge in [0, 0.05) is 48.1 Å². The van der Waals surface area contributed by atoms with Gasteiger partial charge in [-0.25, -0.2) is 4.98 Å². The van der Waals surface area contributed by atoms with Gasteiger partial charge in [0.25, 0.3) is 11.1 Å². The lowest BCUT2D eigenvalue weighted by molar-refractivity contribution is -0.168. The molecule has 14 heteroatoms. The van der Waals surface area contributed by atoms with Gasteiger partial charge in [0.2, 0.25) is 0 Å². The van der Waals surface area contributed by atoms with Crippen molar-refractivity contribution in [1.82, 2.24) is 13.5 Å². The topological polar surface area (TPSA) is 127 Å². The standard InChI is InChI=1S/C36H50N4O7SSi2/c1-49(2,3)19-17-43-24-39-29-21-26(23-46-31-13-7-8-16-45-31)22-30(47-25-44-18-20-50(4,5)6)33(29)38-32(36(39)42)27-11-9-12-28-34(27)48-40(35(28)41)15-10-14-37/h9,11-12,21-22,31H,7-8,10,13,15-20,23-25H2,1-6H3. The number of aryl methyl sites for hydroxylation is 1. The summed E-state index contributed by atoms with van der Waals surface area (Å²) in [4.78, 5) is 32.7. The molecule has 3 heterocycles. The first-order valence-electron chi connectivity index (χ1n) is 17.4. The fourth-order valence-electron chi connectivity index (χ4n) is 5.54. The normalized spacial score (nSPS) is 15.5. The van der Waals surface area contributed by atoms with Crippen molar-refractivity contribution in [2.24, 2.45) is 0 Å². The predicted molar refractivity (Wildman–Crippen MR) is 203 cm³/mol. The molecule has 11 nitrogen and oxygen atoms in total. The number of aromatic nitrogens is 3. The van der Waals surface area contributed by atoms with Crippen LogP contribution in [0.3, 0.4) is 0 Å². The number of fused-ring (bicyclic) bond motifs is 2. The molecule has 50 heavy (non-hydrogen) atoms. The number of ether oxygens (including phenoxy) is 5. The first-order chi connectivity index (χ1) is 23.8. The first-order valence-corrected chi connectivity index (χ1v) is 25.6. The molecule has 1 aliphatic heterocycles. The molecule has 0 saturated carbocycles. The number of nitriles is 1. The van der Waals surface area contributed by atoms with Crippen LogP contribution in [0.25, 0.3) is 32.4 Å². The molecule has 0 spiro atoms. The van der Waals surface area contributed by atoms with Crippen molar-refractivity contribution in [1.29, 1.82) is 5.26 Å². The van der Waals surface area contributed by atoms with Crippen molar-refractivity contribution in [3.63, 3.8) is 0 Å². The fraction of sp³-hybridized carbons (Fsp3) is 0.556. The minimum atomic E-state index is -1.38. The predicted octanol–water partition coefficient (Wildman–Crippen LogP) is 7.40. The zero-order valence-electron chi connectivity index (χ0n) is 30.2. The Morgan fingerprint density at radius 3 is 2.48 bits per heavy atom. The highest BCUT2D eigenvalue weighted by molar-refractivity contribution is 7.14. The summed E-state index contributed by atoms with van der Waals surface area (Å²) >= 11 is 1.24. The van der Waals surface area contributed by atoms with Gasteiger partial charge < -0.3 is 23.7 Å². The second-order valence-electron chi connectivity index (χ2n) is 15.2. The number of hydrogen-bond donors (Lipinski definition) is 0. The monoisotopic (exact) mass is 738 g/mol. The third-order valence-corrected chi connectivity index (χ3v) is 13.1. The second-order valence-corrected chi connectivity index (χ2v) is 27.5. The highest BCUT2D eigenvalue weighted by Gasteiger charge is 2.23. The van der Waals surface area contributed by atoms with E-state index in [9.17, 15) is 9.59 Å². The van der Waals surface area contributed by atoms with E-state index in [2.05, 4.69) is 45.4 Å². The molecule has 2 aromatic carbocycles. The van der Waals surface area contributed by atoms with Crippen molar-refractivity contribution in [2.45, 2.75) is 103 Å². The Bertz CT molecular complexity index is 1930. The van der Waals surface area contributed by atoms with Crippen LogP contribution in [-0.2, 0) is 38.8 Å². The van der Waals surface area contributed by atoms with Crippen molar-refractivity contribution in [3.05, 3.63) is 56.6 Å². The van der Waals surface area contributed by atoms with Crippen LogP contribution in [0, 0.1) is 11.3 Å². The molecular weight excluding hydrogens is 689 g/mol. The third kappa shape index (κ3) is 10.00. The van der Waals surface area contributed by atoms with E-state index in [1.807, 2.05) is 18.2 Å². The Hall–Kier alpha value is -3.17. The average molecular weight is 739 g/mol. The Labute approximate surface area is 299 Å². The molecule has 0 bridgehead atoms. The summed E-state index contributed by atoms with van der Waals surface area (Å²) in [5.41, 5.74) is 2.05. The molecule has 0 radical (unpaired) electrons. The van der Waals surface area contributed by atoms with Crippen LogP contribution in [0.4, 0.5) is 0 Å². The van der Waals surface area contributed by atoms with E-state index in [1.165, 1.54) is 11.5 Å². The van der Waals surface area contributed by atoms with Crippen LogP contribution in [0.5, 0.6) is 5.75 Å². The minimum absolute atomic E-state index is 0.0208. The van der Waals surface area contributed by atoms with Crippen LogP contribution in [0.1, 0.15) is 31.2 Å². The maximum absolute atomic E-state index is 14.5. The van der Waals surface area contributed by atoms with E-state index in [-0.39, 0.29) is 56.2 Å². The molecule has 1 unspecified atom stereocenters. The van der Waals surface area contributed by atoms with Gasteiger partial charge in [-0.05, 0) is 55.1 Å². The number of benzene rings is 2. The summed E-state index contributed by atoms with van der Waals surface area (Å²) in [5.74, 6) is 0.461. The fourth-order valence-corrected chi connectivity index (χ4v) is 8.16. The summed E-state index contributed by atoms with van der Waals surface area (Å²) in [5, 5.41) is 9.62. The van der Waals surface area contributed by atoms with Crippen LogP contribution in [0.15, 0.2) is 39.9 Å². The molecule has 1 fully saturated rings. The van der Waals surface area contributed by atoms with E-state index >= 15 is 0 Å². The summed E-state index contributed by atoms with van der Waals surface area (Å²) in [7, 11) is -2.68. The molecule has 0 N–H and O–H groups in total. The van der Waals surface area contributed by atoms with E-state index in [0.29, 0.717) is 52.3 Å². The van der Waals surface area contributed by atoms with Crippen LogP contribution in [-0.4, -0.2) is 62.6 Å². The molecule has 1 atom stereocenters. The smallest absolute Gasteiger partial charge is 0.279 e. The van der Waals surface area contributed by atoms with Crippen LogP contribution < -0.4 is 15.9 Å². The quantitative estimate of drug-likeness (QED) is 0.0619. The molecule has 0 aliphatic carbocycles. The second kappa shape index (κ2) is 16.9. The highest BCUT2D eigenvalue weighted by atomic mass is 32.1. The van der Waals surface area contributed by atoms with Crippen molar-refractivity contribution >= 4 is 48.8 Å². The van der Waals surface area contributed by atoms with Crippen molar-refractivity contribution in [2.75, 3.05) is 26.6 Å². The Morgan fingerprint density at radius 2 is 1.78 bits per heavy atom. The summed E-state index contributed by atoms with van der Waals surface area (Å²) in [6.45, 7) is 16.1. The van der Waals surface area contributed by atoms with E-state index in [1.54, 1.807) is 20.7 Å². The van der Waals surface area contributed by atoms with Gasteiger partial charge >= 0.3 is 0 Å². The average Bonchev–Trinajstić information content (AvgIpc) is 3.39. The van der Waals surface area contributed by atoms with E-state index < -0.39 is 16.1 Å². The van der Waals surface area contributed by atoms with Gasteiger partial charge in [-0.15, -0.1) is 0 Å². The highest BCUT2D eigenvalue weighted by Crippen LogP contribution is 2.32. The minimum Gasteiger partial charge on any atom is -0.465 e. The third-order valence-electron chi connectivity index (χ3n) is 8.52. The van der Waals surface area contributed by atoms with Gasteiger partial charge in [0.1, 0.15) is 17.9 Å².